The van der Waals surface area contributed by atoms with Crippen molar-refractivity contribution < 1.29 is 4.79 Å². The van der Waals surface area contributed by atoms with E-state index in [1.165, 1.54) is 0 Å². The van der Waals surface area contributed by atoms with E-state index < -0.39 is 5.54 Å². The fraction of sp³-hybridized carbons (Fsp3) is 0.423. The minimum atomic E-state index is -0.629. The first kappa shape index (κ1) is 22.8. The molecule has 7 nitrogen and oxygen atoms in total. The zero-order chi connectivity index (χ0) is 23.1. The number of carbonyl (C=O) groups excluding carboxylic acids is 1. The largest absolute Gasteiger partial charge is 0.336 e. The van der Waals surface area contributed by atoms with E-state index >= 15 is 0 Å². The molecular weight excluding hydrogens is 412 g/mol. The van der Waals surface area contributed by atoms with Crippen molar-refractivity contribution >= 4 is 12.6 Å². The number of nitrogens with one attached hydrogen (secondary N) is 1. The van der Waals surface area contributed by atoms with Gasteiger partial charge in [0.25, 0.3) is 5.91 Å². The Morgan fingerprint density at radius 1 is 1.09 bits per heavy atom. The average Bonchev–Trinajstić information content (AvgIpc) is 3.57. The average molecular weight is 445 g/mol. The van der Waals surface area contributed by atoms with Crippen molar-refractivity contribution in [2.75, 3.05) is 6.54 Å². The van der Waals surface area contributed by atoms with Crippen LogP contribution in [0.25, 0.3) is 22.5 Å². The van der Waals surface area contributed by atoms with Crippen LogP contribution in [0.5, 0.6) is 0 Å². The summed E-state index contributed by atoms with van der Waals surface area (Å²) in [6.45, 7) is 7.31. The third kappa shape index (κ3) is 5.02. The number of rotatable bonds is 10. The van der Waals surface area contributed by atoms with Gasteiger partial charge >= 0.3 is 0 Å². The predicted octanol–water partition coefficient (Wildman–Crippen LogP) is 5.07. The number of amides is 1. The zero-order valence-electron chi connectivity index (χ0n) is 19.3. The predicted molar refractivity (Wildman–Crippen MR) is 131 cm³/mol. The van der Waals surface area contributed by atoms with Crippen molar-refractivity contribution in [3.8, 4) is 22.5 Å². The van der Waals surface area contributed by atoms with Gasteiger partial charge in [0.2, 0.25) is 5.82 Å². The lowest BCUT2D eigenvalue weighted by molar-refractivity contribution is -0.137. The molecule has 0 bridgehead atoms. The van der Waals surface area contributed by atoms with Gasteiger partial charge in [-0.25, -0.2) is 0 Å². The summed E-state index contributed by atoms with van der Waals surface area (Å²) in [4.78, 5) is 19.9. The summed E-state index contributed by atoms with van der Waals surface area (Å²) in [7, 11) is 0. The molecule has 2 aromatic carbocycles. The van der Waals surface area contributed by atoms with Gasteiger partial charge in [-0.2, -0.15) is 5.21 Å². The Kier molecular flexibility index (Phi) is 7.27. The number of aliphatic imine (C=N–C) groups is 1. The third-order valence-electron chi connectivity index (χ3n) is 6.60. The lowest BCUT2D eigenvalue weighted by Gasteiger charge is -2.32. The standard InChI is InChI=1S/C26H32N6O/c1-3-4-9-18-32(25(33)26(27-2)16-7-8-17-26)19-20-12-14-21(15-13-20)22-10-5-6-11-23(22)24-28-30-31-29-24/h5-6,10-15H,2-4,7-9,16-19H2,1H3,(H,28,29,30,31). The topological polar surface area (TPSA) is 87.1 Å². The highest BCUT2D eigenvalue weighted by Gasteiger charge is 2.42. The number of hydrogen-bond donors (Lipinski definition) is 1. The molecule has 1 amide bonds. The van der Waals surface area contributed by atoms with E-state index in [1.807, 2.05) is 23.1 Å². The molecule has 4 rings (SSSR count). The van der Waals surface area contributed by atoms with Crippen LogP contribution in [0, 0.1) is 0 Å². The maximum absolute atomic E-state index is 13.5. The van der Waals surface area contributed by atoms with Crippen LogP contribution in [0.2, 0.25) is 0 Å². The number of H-pyrrole nitrogens is 1. The zero-order valence-corrected chi connectivity index (χ0v) is 19.3. The van der Waals surface area contributed by atoms with E-state index in [9.17, 15) is 4.79 Å². The van der Waals surface area contributed by atoms with E-state index in [2.05, 4.69) is 69.6 Å². The van der Waals surface area contributed by atoms with Crippen molar-refractivity contribution in [1.29, 1.82) is 0 Å². The highest BCUT2D eigenvalue weighted by atomic mass is 16.2. The van der Waals surface area contributed by atoms with Gasteiger partial charge in [0.15, 0.2) is 0 Å². The Bertz CT molecular complexity index is 1050. The smallest absolute Gasteiger partial charge is 0.250 e. The quantitative estimate of drug-likeness (QED) is 0.349. The van der Waals surface area contributed by atoms with E-state index in [1.54, 1.807) is 0 Å². The first-order valence-corrected chi connectivity index (χ1v) is 11.9. The molecule has 0 unspecified atom stereocenters. The molecule has 172 valence electrons. The van der Waals surface area contributed by atoms with Crippen molar-refractivity contribution in [3.05, 3.63) is 54.1 Å². The molecule has 1 heterocycles. The van der Waals surface area contributed by atoms with Gasteiger partial charge in [-0.1, -0.05) is 81.1 Å². The highest BCUT2D eigenvalue weighted by molar-refractivity contribution is 5.87. The van der Waals surface area contributed by atoms with Gasteiger partial charge < -0.3 is 4.90 Å². The summed E-state index contributed by atoms with van der Waals surface area (Å²) < 4.78 is 0. The molecule has 1 aliphatic rings. The van der Waals surface area contributed by atoms with E-state index in [0.29, 0.717) is 12.4 Å². The molecule has 1 aromatic heterocycles. The molecule has 0 spiro atoms. The lowest BCUT2D eigenvalue weighted by atomic mass is 9.95. The van der Waals surface area contributed by atoms with Gasteiger partial charge in [0.05, 0.1) is 0 Å². The number of aromatic nitrogens is 4. The second-order valence-electron chi connectivity index (χ2n) is 8.81. The fourth-order valence-corrected chi connectivity index (χ4v) is 4.71. The molecular formula is C26H32N6O. The summed E-state index contributed by atoms with van der Waals surface area (Å²) in [6, 6.07) is 16.4. The van der Waals surface area contributed by atoms with Crippen LogP contribution >= 0.6 is 0 Å². The molecule has 1 aliphatic carbocycles. The minimum Gasteiger partial charge on any atom is -0.336 e. The van der Waals surface area contributed by atoms with Gasteiger partial charge in [-0.3, -0.25) is 9.79 Å². The number of aromatic amines is 1. The van der Waals surface area contributed by atoms with Crippen LogP contribution in [0.4, 0.5) is 0 Å². The second kappa shape index (κ2) is 10.5. The summed E-state index contributed by atoms with van der Waals surface area (Å²) in [5, 5.41) is 14.5. The van der Waals surface area contributed by atoms with Crippen LogP contribution in [-0.4, -0.2) is 50.2 Å². The van der Waals surface area contributed by atoms with Crippen LogP contribution in [0.1, 0.15) is 57.4 Å². The number of hydrogen-bond acceptors (Lipinski definition) is 5. The lowest BCUT2D eigenvalue weighted by Crippen LogP contribution is -2.46. The van der Waals surface area contributed by atoms with Crippen LogP contribution < -0.4 is 0 Å². The summed E-state index contributed by atoms with van der Waals surface area (Å²) in [5.74, 6) is 0.707. The number of benzene rings is 2. The molecule has 1 fully saturated rings. The SMILES string of the molecule is C=NC1(C(=O)N(CCCCC)Cc2ccc(-c3ccccc3-c3nn[nH]n3)cc2)CCCC1. The summed E-state index contributed by atoms with van der Waals surface area (Å²) in [6.07, 6.45) is 6.96. The molecule has 0 radical (unpaired) electrons. The minimum absolute atomic E-state index is 0.137. The van der Waals surface area contributed by atoms with E-state index in [-0.39, 0.29) is 5.91 Å². The molecule has 0 atom stereocenters. The van der Waals surface area contributed by atoms with Gasteiger partial charge in [0, 0.05) is 18.7 Å². The maximum Gasteiger partial charge on any atom is 0.250 e. The Labute approximate surface area is 195 Å². The molecule has 1 saturated carbocycles. The number of nitrogens with zero attached hydrogens (tertiary/aromatic N) is 5. The normalized spacial score (nSPS) is 14.8. The number of tetrazole rings is 1. The van der Waals surface area contributed by atoms with Gasteiger partial charge in [-0.05, 0) is 47.9 Å². The van der Waals surface area contributed by atoms with E-state index in [4.69, 9.17) is 0 Å². The summed E-state index contributed by atoms with van der Waals surface area (Å²) >= 11 is 0. The van der Waals surface area contributed by atoms with Gasteiger partial charge in [-0.15, -0.1) is 10.2 Å². The fourth-order valence-electron chi connectivity index (χ4n) is 4.71. The van der Waals surface area contributed by atoms with Crippen LogP contribution in [0.15, 0.2) is 53.5 Å². The highest BCUT2D eigenvalue weighted by Crippen LogP contribution is 2.35. The van der Waals surface area contributed by atoms with Crippen LogP contribution in [-0.2, 0) is 11.3 Å². The van der Waals surface area contributed by atoms with Crippen molar-refractivity contribution in [2.45, 2.75) is 64.0 Å². The molecule has 3 aromatic rings. The molecule has 0 aliphatic heterocycles. The number of carbonyl (C=O) groups is 1. The molecule has 1 N–H and O–H groups in total. The molecule has 7 heteroatoms. The Hall–Kier alpha value is -3.35. The van der Waals surface area contributed by atoms with Gasteiger partial charge in [0.1, 0.15) is 5.54 Å². The van der Waals surface area contributed by atoms with Crippen molar-refractivity contribution in [2.24, 2.45) is 4.99 Å². The summed E-state index contributed by atoms with van der Waals surface area (Å²) in [5.41, 5.74) is 3.52. The maximum atomic E-state index is 13.5. The first-order chi connectivity index (χ1) is 16.2. The Balaban J connectivity index is 1.55. The number of unbranched alkanes of at least 4 members (excludes halogenated alkanes) is 2. The van der Waals surface area contributed by atoms with Crippen molar-refractivity contribution in [1.82, 2.24) is 25.5 Å². The third-order valence-corrected chi connectivity index (χ3v) is 6.60. The van der Waals surface area contributed by atoms with Crippen molar-refractivity contribution in [3.63, 3.8) is 0 Å². The molecule has 0 saturated heterocycles. The van der Waals surface area contributed by atoms with E-state index in [0.717, 1.165) is 73.7 Å². The molecule has 33 heavy (non-hydrogen) atoms. The first-order valence-electron chi connectivity index (χ1n) is 11.9. The monoisotopic (exact) mass is 444 g/mol. The Morgan fingerprint density at radius 2 is 1.82 bits per heavy atom. The second-order valence-corrected chi connectivity index (χ2v) is 8.81. The Morgan fingerprint density at radius 3 is 2.45 bits per heavy atom. The van der Waals surface area contributed by atoms with Crippen LogP contribution in [0.3, 0.4) is 0 Å².